The number of aliphatic hydroxyl groups is 1. The zero-order chi connectivity index (χ0) is 14.0. The van der Waals surface area contributed by atoms with Gasteiger partial charge in [0.05, 0.1) is 30.2 Å². The number of nitrogens with zero attached hydrogens (tertiary/aromatic N) is 2. The van der Waals surface area contributed by atoms with E-state index < -0.39 is 0 Å². The van der Waals surface area contributed by atoms with Crippen molar-refractivity contribution in [2.45, 2.75) is 32.5 Å². The van der Waals surface area contributed by atoms with Crippen molar-refractivity contribution in [1.82, 2.24) is 15.1 Å². The Labute approximate surface area is 111 Å². The van der Waals surface area contributed by atoms with Crippen LogP contribution in [0.2, 0.25) is 0 Å². The number of aliphatic hydroxyl groups excluding tert-OH is 1. The lowest BCUT2D eigenvalue weighted by atomic mass is 10.2. The fourth-order valence-corrected chi connectivity index (χ4v) is 2.28. The number of morpholine rings is 1. The zero-order valence-corrected chi connectivity index (χ0v) is 11.2. The van der Waals surface area contributed by atoms with E-state index in [1.165, 1.54) is 0 Å². The average molecular weight is 268 g/mol. The number of anilines is 1. The third-order valence-corrected chi connectivity index (χ3v) is 3.26. The van der Waals surface area contributed by atoms with Crippen LogP contribution >= 0.6 is 0 Å². The number of aryl methyl sites for hydroxylation is 1. The second-order valence-corrected chi connectivity index (χ2v) is 4.78. The molecule has 1 saturated heterocycles. The molecular formula is C12H20N4O3. The summed E-state index contributed by atoms with van der Waals surface area (Å²) in [6, 6.07) is 0. The van der Waals surface area contributed by atoms with Crippen LogP contribution in [0, 0.1) is 0 Å². The first-order valence-corrected chi connectivity index (χ1v) is 6.45. The Bertz CT molecular complexity index is 460. The Morgan fingerprint density at radius 2 is 2.37 bits per heavy atom. The highest BCUT2D eigenvalue weighted by atomic mass is 16.5. The highest BCUT2D eigenvalue weighted by Gasteiger charge is 2.30. The van der Waals surface area contributed by atoms with Gasteiger partial charge in [-0.2, -0.15) is 5.10 Å². The molecule has 7 heteroatoms. The average Bonchev–Trinajstić information content (AvgIpc) is 2.78. The Morgan fingerprint density at radius 1 is 1.63 bits per heavy atom. The van der Waals surface area contributed by atoms with Crippen LogP contribution in [-0.2, 0) is 11.2 Å². The van der Waals surface area contributed by atoms with E-state index in [0.29, 0.717) is 25.2 Å². The minimum Gasteiger partial charge on any atom is -0.395 e. The minimum atomic E-state index is -0.349. The van der Waals surface area contributed by atoms with Crippen LogP contribution in [0.25, 0.3) is 0 Å². The number of aromatic amines is 1. The molecule has 0 spiro atoms. The molecule has 19 heavy (non-hydrogen) atoms. The summed E-state index contributed by atoms with van der Waals surface area (Å²) in [5, 5.41) is 15.9. The van der Waals surface area contributed by atoms with Gasteiger partial charge in [-0.1, -0.05) is 6.92 Å². The lowest BCUT2D eigenvalue weighted by Gasteiger charge is -2.35. The van der Waals surface area contributed by atoms with Crippen LogP contribution in [0.4, 0.5) is 5.69 Å². The summed E-state index contributed by atoms with van der Waals surface area (Å²) in [6.07, 6.45) is 0.240. The van der Waals surface area contributed by atoms with Crippen molar-refractivity contribution >= 4 is 11.6 Å². The van der Waals surface area contributed by atoms with E-state index in [4.69, 9.17) is 15.6 Å². The summed E-state index contributed by atoms with van der Waals surface area (Å²) in [6.45, 7) is 4.53. The third-order valence-electron chi connectivity index (χ3n) is 3.26. The number of carbonyl (C=O) groups excluding carboxylic acids is 1. The number of nitrogens with one attached hydrogen (secondary N) is 1. The third kappa shape index (κ3) is 2.71. The Hall–Kier alpha value is -1.60. The van der Waals surface area contributed by atoms with Crippen LogP contribution < -0.4 is 5.73 Å². The number of rotatable bonds is 3. The predicted octanol–water partition coefficient (Wildman–Crippen LogP) is -0.224. The van der Waals surface area contributed by atoms with E-state index in [1.54, 1.807) is 4.90 Å². The largest absolute Gasteiger partial charge is 0.395 e. The number of hydrogen-bond acceptors (Lipinski definition) is 5. The Morgan fingerprint density at radius 3 is 2.95 bits per heavy atom. The van der Waals surface area contributed by atoms with Crippen LogP contribution in [0.5, 0.6) is 0 Å². The first kappa shape index (κ1) is 13.8. The molecule has 1 aromatic rings. The summed E-state index contributed by atoms with van der Waals surface area (Å²) >= 11 is 0. The molecule has 1 fully saturated rings. The van der Waals surface area contributed by atoms with E-state index in [1.807, 2.05) is 13.8 Å². The standard InChI is InChI=1S/C12H20N4O3/c1-3-9-10(13)11(15-14-9)12(18)16-4-7(2)19-8(5-16)6-17/h7-8,17H,3-6,13H2,1-2H3,(H,14,15). The van der Waals surface area contributed by atoms with Crippen LogP contribution in [0.1, 0.15) is 30.0 Å². The molecule has 0 aromatic carbocycles. The summed E-state index contributed by atoms with van der Waals surface area (Å²) in [7, 11) is 0. The van der Waals surface area contributed by atoms with E-state index in [-0.39, 0.29) is 30.4 Å². The lowest BCUT2D eigenvalue weighted by Crippen LogP contribution is -2.50. The highest BCUT2D eigenvalue weighted by molar-refractivity contribution is 5.97. The van der Waals surface area contributed by atoms with Crippen LogP contribution in [0.3, 0.4) is 0 Å². The monoisotopic (exact) mass is 268 g/mol. The molecule has 7 nitrogen and oxygen atoms in total. The van der Waals surface area contributed by atoms with Crippen LogP contribution in [-0.4, -0.2) is 58.0 Å². The fourth-order valence-electron chi connectivity index (χ4n) is 2.28. The normalized spacial score (nSPS) is 23.6. The van der Waals surface area contributed by atoms with Gasteiger partial charge >= 0.3 is 0 Å². The number of carbonyl (C=O) groups is 1. The molecule has 0 aliphatic carbocycles. The van der Waals surface area contributed by atoms with Crippen LogP contribution in [0.15, 0.2) is 0 Å². The van der Waals surface area contributed by atoms with Crippen molar-refractivity contribution in [3.05, 3.63) is 11.4 Å². The number of ether oxygens (including phenoxy) is 1. The summed E-state index contributed by atoms with van der Waals surface area (Å²) in [5.74, 6) is -0.220. The van der Waals surface area contributed by atoms with Gasteiger partial charge in [-0.05, 0) is 13.3 Å². The molecule has 2 rings (SSSR count). The summed E-state index contributed by atoms with van der Waals surface area (Å²) in [4.78, 5) is 14.0. The van der Waals surface area contributed by atoms with Crippen molar-refractivity contribution in [1.29, 1.82) is 0 Å². The molecule has 2 atom stereocenters. The molecule has 0 radical (unpaired) electrons. The Kier molecular flexibility index (Phi) is 4.06. The molecule has 4 N–H and O–H groups in total. The van der Waals surface area contributed by atoms with Gasteiger partial charge < -0.3 is 20.5 Å². The van der Waals surface area contributed by atoms with Crippen molar-refractivity contribution < 1.29 is 14.6 Å². The molecule has 1 aromatic heterocycles. The van der Waals surface area contributed by atoms with Crippen molar-refractivity contribution in [2.24, 2.45) is 0 Å². The minimum absolute atomic E-state index is 0.107. The molecular weight excluding hydrogens is 248 g/mol. The predicted molar refractivity (Wildman–Crippen MR) is 69.7 cm³/mol. The second kappa shape index (κ2) is 5.58. The number of amides is 1. The lowest BCUT2D eigenvalue weighted by molar-refractivity contribution is -0.0859. The molecule has 1 aliphatic heterocycles. The fraction of sp³-hybridized carbons (Fsp3) is 0.667. The van der Waals surface area contributed by atoms with Gasteiger partial charge in [-0.25, -0.2) is 0 Å². The van der Waals surface area contributed by atoms with E-state index in [2.05, 4.69) is 10.2 Å². The molecule has 1 aliphatic rings. The maximum atomic E-state index is 12.4. The zero-order valence-electron chi connectivity index (χ0n) is 11.2. The molecule has 2 unspecified atom stereocenters. The van der Waals surface area contributed by atoms with Gasteiger partial charge in [0.1, 0.15) is 0 Å². The number of aromatic nitrogens is 2. The van der Waals surface area contributed by atoms with Gasteiger partial charge in [-0.3, -0.25) is 9.89 Å². The number of nitrogen functional groups attached to an aromatic ring is 1. The van der Waals surface area contributed by atoms with Gasteiger partial charge in [-0.15, -0.1) is 0 Å². The molecule has 2 heterocycles. The molecule has 106 valence electrons. The SMILES string of the molecule is CCc1[nH]nc(C(=O)N2CC(C)OC(CO)C2)c1N. The van der Waals surface area contributed by atoms with Gasteiger partial charge in [0, 0.05) is 13.1 Å². The maximum Gasteiger partial charge on any atom is 0.276 e. The van der Waals surface area contributed by atoms with E-state index >= 15 is 0 Å². The first-order chi connectivity index (χ1) is 9.06. The molecule has 1 amide bonds. The van der Waals surface area contributed by atoms with Gasteiger partial charge in [0.2, 0.25) is 0 Å². The molecule has 0 saturated carbocycles. The number of hydrogen-bond donors (Lipinski definition) is 3. The number of H-pyrrole nitrogens is 1. The quantitative estimate of drug-likeness (QED) is 0.702. The molecule has 0 bridgehead atoms. The number of nitrogens with two attached hydrogens (primary N) is 1. The summed E-state index contributed by atoms with van der Waals surface area (Å²) in [5.41, 5.74) is 7.33. The topological polar surface area (TPSA) is 104 Å². The van der Waals surface area contributed by atoms with Gasteiger partial charge in [0.15, 0.2) is 5.69 Å². The van der Waals surface area contributed by atoms with Crippen molar-refractivity contribution in [3.63, 3.8) is 0 Å². The van der Waals surface area contributed by atoms with Gasteiger partial charge in [0.25, 0.3) is 5.91 Å². The Balaban J connectivity index is 2.16. The first-order valence-electron chi connectivity index (χ1n) is 6.45. The van der Waals surface area contributed by atoms with Crippen molar-refractivity contribution in [2.75, 3.05) is 25.4 Å². The maximum absolute atomic E-state index is 12.4. The summed E-state index contributed by atoms with van der Waals surface area (Å²) < 4.78 is 5.50. The second-order valence-electron chi connectivity index (χ2n) is 4.78. The highest BCUT2D eigenvalue weighted by Crippen LogP contribution is 2.19. The van der Waals surface area contributed by atoms with E-state index in [9.17, 15) is 4.79 Å². The van der Waals surface area contributed by atoms with Crippen molar-refractivity contribution in [3.8, 4) is 0 Å². The smallest absolute Gasteiger partial charge is 0.276 e. The van der Waals surface area contributed by atoms with E-state index in [0.717, 1.165) is 5.69 Å².